The van der Waals surface area contributed by atoms with Gasteiger partial charge in [0.25, 0.3) is 0 Å². The number of fused-ring (bicyclic) bond motifs is 1. The maximum absolute atomic E-state index is 12.2. The van der Waals surface area contributed by atoms with Crippen LogP contribution in [0.4, 0.5) is 0 Å². The molecule has 0 aliphatic heterocycles. The van der Waals surface area contributed by atoms with Gasteiger partial charge >= 0.3 is 11.6 Å². The Morgan fingerprint density at radius 1 is 1.25 bits per heavy atom. The number of benzene rings is 2. The first kappa shape index (κ1) is 16.3. The van der Waals surface area contributed by atoms with Crippen molar-refractivity contribution < 1.29 is 19.1 Å². The largest absolute Gasteiger partial charge is 0.507 e. The van der Waals surface area contributed by atoms with Crippen molar-refractivity contribution in [1.29, 1.82) is 0 Å². The Hall–Kier alpha value is -2.60. The molecule has 6 heteroatoms. The van der Waals surface area contributed by atoms with E-state index < -0.39 is 11.6 Å². The van der Waals surface area contributed by atoms with Crippen molar-refractivity contribution in [2.45, 2.75) is 13.5 Å². The first-order chi connectivity index (χ1) is 11.5. The molecule has 0 aliphatic rings. The van der Waals surface area contributed by atoms with Crippen LogP contribution in [0.2, 0.25) is 0 Å². The summed E-state index contributed by atoms with van der Waals surface area (Å²) in [4.78, 5) is 23.8. The second kappa shape index (κ2) is 6.49. The Morgan fingerprint density at radius 2 is 2.04 bits per heavy atom. The summed E-state index contributed by atoms with van der Waals surface area (Å²) in [6.07, 6.45) is 0. The van der Waals surface area contributed by atoms with Crippen molar-refractivity contribution >= 4 is 32.9 Å². The molecular weight excluding hydrogens is 376 g/mol. The highest BCUT2D eigenvalue weighted by Crippen LogP contribution is 2.24. The SMILES string of the molecule is Cc1cccc(C(=O)OCc2cc(=O)oc3cc(Br)ccc23)c1O. The highest BCUT2D eigenvalue weighted by molar-refractivity contribution is 9.10. The van der Waals surface area contributed by atoms with E-state index in [9.17, 15) is 14.7 Å². The van der Waals surface area contributed by atoms with Gasteiger partial charge in [-0.15, -0.1) is 0 Å². The molecular formula is C18H13BrO5. The van der Waals surface area contributed by atoms with E-state index in [-0.39, 0.29) is 17.9 Å². The van der Waals surface area contributed by atoms with Crippen LogP contribution in [0.15, 0.2) is 56.1 Å². The van der Waals surface area contributed by atoms with Crippen molar-refractivity contribution in [3.05, 3.63) is 74.0 Å². The Morgan fingerprint density at radius 3 is 2.83 bits per heavy atom. The summed E-state index contributed by atoms with van der Waals surface area (Å²) in [5.41, 5.74) is 1.09. The maximum Gasteiger partial charge on any atom is 0.342 e. The lowest BCUT2D eigenvalue weighted by molar-refractivity contribution is 0.0470. The highest BCUT2D eigenvalue weighted by atomic mass is 79.9. The fraction of sp³-hybridized carbons (Fsp3) is 0.111. The van der Waals surface area contributed by atoms with Gasteiger partial charge in [0.05, 0.1) is 0 Å². The first-order valence-electron chi connectivity index (χ1n) is 7.13. The molecule has 24 heavy (non-hydrogen) atoms. The van der Waals surface area contributed by atoms with E-state index in [0.717, 1.165) is 4.47 Å². The lowest BCUT2D eigenvalue weighted by Gasteiger charge is -2.09. The Labute approximate surface area is 145 Å². The molecule has 122 valence electrons. The van der Waals surface area contributed by atoms with Crippen LogP contribution in [-0.2, 0) is 11.3 Å². The lowest BCUT2D eigenvalue weighted by Crippen LogP contribution is -2.08. The molecule has 1 heterocycles. The fourth-order valence-electron chi connectivity index (χ4n) is 2.37. The molecule has 0 saturated carbocycles. The van der Waals surface area contributed by atoms with Crippen molar-refractivity contribution in [3.63, 3.8) is 0 Å². The summed E-state index contributed by atoms with van der Waals surface area (Å²) >= 11 is 3.31. The van der Waals surface area contributed by atoms with E-state index in [0.29, 0.717) is 22.1 Å². The number of para-hydroxylation sites is 1. The summed E-state index contributed by atoms with van der Waals surface area (Å²) in [6.45, 7) is 1.59. The predicted octanol–water partition coefficient (Wildman–Crippen LogP) is 3.93. The molecule has 0 bridgehead atoms. The third kappa shape index (κ3) is 3.19. The number of ether oxygens (including phenoxy) is 1. The van der Waals surface area contributed by atoms with Crippen molar-refractivity contribution in [2.24, 2.45) is 0 Å². The van der Waals surface area contributed by atoms with Gasteiger partial charge in [0.2, 0.25) is 0 Å². The summed E-state index contributed by atoms with van der Waals surface area (Å²) in [5, 5.41) is 10.6. The monoisotopic (exact) mass is 388 g/mol. The van der Waals surface area contributed by atoms with Crippen LogP contribution in [0.5, 0.6) is 5.75 Å². The number of rotatable bonds is 3. The van der Waals surface area contributed by atoms with E-state index in [1.165, 1.54) is 12.1 Å². The quantitative estimate of drug-likeness (QED) is 0.543. The van der Waals surface area contributed by atoms with Crippen LogP contribution in [0, 0.1) is 6.92 Å². The maximum atomic E-state index is 12.2. The Balaban J connectivity index is 1.89. The molecule has 0 saturated heterocycles. The average molecular weight is 389 g/mol. The highest BCUT2D eigenvalue weighted by Gasteiger charge is 2.15. The van der Waals surface area contributed by atoms with Gasteiger partial charge in [0.15, 0.2) is 0 Å². The lowest BCUT2D eigenvalue weighted by atomic mass is 10.1. The van der Waals surface area contributed by atoms with Gasteiger partial charge in [-0.1, -0.05) is 28.1 Å². The third-order valence-corrected chi connectivity index (χ3v) is 4.10. The molecule has 2 aromatic carbocycles. The van der Waals surface area contributed by atoms with Gasteiger partial charge in [-0.2, -0.15) is 0 Å². The van der Waals surface area contributed by atoms with Gasteiger partial charge in [0.1, 0.15) is 23.5 Å². The molecule has 1 aromatic heterocycles. The number of hydrogen-bond acceptors (Lipinski definition) is 5. The van der Waals surface area contributed by atoms with E-state index >= 15 is 0 Å². The number of carbonyl (C=O) groups excluding carboxylic acids is 1. The van der Waals surface area contributed by atoms with Crippen LogP contribution >= 0.6 is 15.9 Å². The Bertz CT molecular complexity index is 990. The molecule has 5 nitrogen and oxygen atoms in total. The zero-order valence-corrected chi connectivity index (χ0v) is 14.3. The van der Waals surface area contributed by atoms with Crippen molar-refractivity contribution in [3.8, 4) is 5.75 Å². The minimum atomic E-state index is -0.658. The molecule has 3 rings (SSSR count). The number of phenolic OH excluding ortho intramolecular Hbond substituents is 1. The zero-order valence-electron chi connectivity index (χ0n) is 12.7. The fourth-order valence-corrected chi connectivity index (χ4v) is 2.71. The molecule has 0 amide bonds. The van der Waals surface area contributed by atoms with Gasteiger partial charge in [-0.3, -0.25) is 0 Å². The number of hydrogen-bond donors (Lipinski definition) is 1. The van der Waals surface area contributed by atoms with Crippen molar-refractivity contribution in [2.75, 3.05) is 0 Å². The van der Waals surface area contributed by atoms with Gasteiger partial charge < -0.3 is 14.3 Å². The second-order valence-electron chi connectivity index (χ2n) is 5.28. The average Bonchev–Trinajstić information content (AvgIpc) is 2.54. The van der Waals surface area contributed by atoms with Crippen molar-refractivity contribution in [1.82, 2.24) is 0 Å². The topological polar surface area (TPSA) is 76.7 Å². The standard InChI is InChI=1S/C18H13BrO5/c1-10-3-2-4-14(17(10)21)18(22)23-9-11-7-16(20)24-15-8-12(19)5-6-13(11)15/h2-8,21H,9H2,1H3. The number of aromatic hydroxyl groups is 1. The molecule has 0 spiro atoms. The zero-order chi connectivity index (χ0) is 17.3. The predicted molar refractivity (Wildman–Crippen MR) is 92.1 cm³/mol. The minimum Gasteiger partial charge on any atom is -0.507 e. The number of halogens is 1. The van der Waals surface area contributed by atoms with Crippen LogP contribution in [0.1, 0.15) is 21.5 Å². The minimum absolute atomic E-state index is 0.0880. The van der Waals surface area contributed by atoms with Crippen LogP contribution in [0.25, 0.3) is 11.0 Å². The van der Waals surface area contributed by atoms with Gasteiger partial charge in [0, 0.05) is 21.5 Å². The van der Waals surface area contributed by atoms with E-state index in [4.69, 9.17) is 9.15 Å². The summed E-state index contributed by atoms with van der Waals surface area (Å²) in [6, 6.07) is 11.4. The van der Waals surface area contributed by atoms with Gasteiger partial charge in [-0.25, -0.2) is 9.59 Å². The van der Waals surface area contributed by atoms with Crippen LogP contribution in [-0.4, -0.2) is 11.1 Å². The number of esters is 1. The first-order valence-corrected chi connectivity index (χ1v) is 7.93. The third-order valence-electron chi connectivity index (χ3n) is 3.61. The molecule has 0 atom stereocenters. The molecule has 0 fully saturated rings. The summed E-state index contributed by atoms with van der Waals surface area (Å²) in [5.74, 6) is -0.765. The smallest absolute Gasteiger partial charge is 0.342 e. The second-order valence-corrected chi connectivity index (χ2v) is 6.19. The Kier molecular flexibility index (Phi) is 4.40. The molecule has 0 aliphatic carbocycles. The summed E-state index contributed by atoms with van der Waals surface area (Å²) < 4.78 is 11.2. The normalized spacial score (nSPS) is 10.8. The van der Waals surface area contributed by atoms with Gasteiger partial charge in [-0.05, 0) is 36.8 Å². The molecule has 1 N–H and O–H groups in total. The number of aryl methyl sites for hydroxylation is 1. The van der Waals surface area contributed by atoms with E-state index in [1.807, 2.05) is 0 Å². The van der Waals surface area contributed by atoms with E-state index in [2.05, 4.69) is 15.9 Å². The van der Waals surface area contributed by atoms with Crippen LogP contribution < -0.4 is 5.63 Å². The summed E-state index contributed by atoms with van der Waals surface area (Å²) in [7, 11) is 0. The molecule has 0 radical (unpaired) electrons. The molecule has 0 unspecified atom stereocenters. The molecule has 3 aromatic rings. The number of phenols is 1. The van der Waals surface area contributed by atoms with Crippen LogP contribution in [0.3, 0.4) is 0 Å². The van der Waals surface area contributed by atoms with E-state index in [1.54, 1.807) is 37.3 Å². The number of carbonyl (C=O) groups is 1.